The summed E-state index contributed by atoms with van der Waals surface area (Å²) in [6, 6.07) is 6.40. The van der Waals surface area contributed by atoms with Gasteiger partial charge in [0.05, 0.1) is 19.9 Å². The van der Waals surface area contributed by atoms with Gasteiger partial charge in [-0.1, -0.05) is 20.8 Å². The Morgan fingerprint density at radius 3 is 2.32 bits per heavy atom. The molecule has 3 amide bonds. The van der Waals surface area contributed by atoms with Gasteiger partial charge in [0.15, 0.2) is 6.29 Å². The van der Waals surface area contributed by atoms with E-state index in [1.807, 2.05) is 27.7 Å². The van der Waals surface area contributed by atoms with Crippen LogP contribution in [0.2, 0.25) is 0 Å². The van der Waals surface area contributed by atoms with Crippen molar-refractivity contribution in [3.63, 3.8) is 0 Å². The Bertz CT molecular complexity index is 943. The highest BCUT2D eigenvalue weighted by molar-refractivity contribution is 5.99. The summed E-state index contributed by atoms with van der Waals surface area (Å²) < 4.78 is 12.1. The molecule has 2 atom stereocenters. The number of rotatable bonds is 5. The first-order valence-electron chi connectivity index (χ1n) is 10.1. The van der Waals surface area contributed by atoms with E-state index in [9.17, 15) is 9.59 Å². The van der Waals surface area contributed by atoms with E-state index in [0.29, 0.717) is 29.4 Å². The highest BCUT2D eigenvalue weighted by Gasteiger charge is 2.29. The Morgan fingerprint density at radius 2 is 1.77 bits per heavy atom. The van der Waals surface area contributed by atoms with Gasteiger partial charge in [-0.15, -0.1) is 0 Å². The number of anilines is 2. The number of ether oxygens (including phenoxy) is 2. The molecule has 0 aliphatic carbocycles. The molecule has 2 heterocycles. The number of amides is 3. The lowest BCUT2D eigenvalue weighted by Gasteiger charge is -2.30. The van der Waals surface area contributed by atoms with E-state index in [2.05, 4.69) is 26.4 Å². The van der Waals surface area contributed by atoms with E-state index < -0.39 is 12.3 Å². The van der Waals surface area contributed by atoms with Gasteiger partial charge >= 0.3 is 6.03 Å². The molecule has 2 aromatic rings. The zero-order valence-corrected chi connectivity index (χ0v) is 18.7. The summed E-state index contributed by atoms with van der Waals surface area (Å²) in [4.78, 5) is 24.8. The summed E-state index contributed by atoms with van der Waals surface area (Å²) in [6.45, 7) is 8.01. The average Bonchev–Trinajstić information content (AvgIpc) is 3.11. The molecule has 10 nitrogen and oxygen atoms in total. The van der Waals surface area contributed by atoms with Crippen LogP contribution in [0.5, 0.6) is 11.5 Å². The number of methoxy groups -OCH3 is 2. The van der Waals surface area contributed by atoms with Crippen LogP contribution in [-0.4, -0.2) is 42.0 Å². The Morgan fingerprint density at radius 1 is 1.13 bits per heavy atom. The van der Waals surface area contributed by atoms with E-state index in [1.165, 1.54) is 14.2 Å². The van der Waals surface area contributed by atoms with Crippen LogP contribution < -0.4 is 30.7 Å². The molecule has 4 N–H and O–H groups in total. The predicted octanol–water partition coefficient (Wildman–Crippen LogP) is 2.80. The molecule has 0 radical (unpaired) electrons. The lowest BCUT2D eigenvalue weighted by Crippen LogP contribution is -2.52. The fraction of sp³-hybridized carbons (Fsp3) is 0.476. The molecule has 10 heteroatoms. The lowest BCUT2D eigenvalue weighted by atomic mass is 9.92. The molecule has 1 aliphatic heterocycles. The van der Waals surface area contributed by atoms with Gasteiger partial charge in [0.1, 0.15) is 17.3 Å². The average molecular weight is 431 g/mol. The van der Waals surface area contributed by atoms with Crippen LogP contribution in [-0.2, 0) is 10.2 Å². The summed E-state index contributed by atoms with van der Waals surface area (Å²) >= 11 is 0. The van der Waals surface area contributed by atoms with Gasteiger partial charge in [-0.05, 0) is 6.92 Å². The summed E-state index contributed by atoms with van der Waals surface area (Å²) in [7, 11) is 3.08. The molecule has 0 saturated carbocycles. The maximum Gasteiger partial charge on any atom is 0.324 e. The Balaban J connectivity index is 1.85. The van der Waals surface area contributed by atoms with Gasteiger partial charge in [-0.25, -0.2) is 9.48 Å². The van der Waals surface area contributed by atoms with Crippen molar-refractivity contribution in [1.29, 1.82) is 0 Å². The number of hydrogen-bond acceptors (Lipinski definition) is 6. The van der Waals surface area contributed by atoms with Crippen LogP contribution in [0.25, 0.3) is 0 Å². The van der Waals surface area contributed by atoms with E-state index >= 15 is 0 Å². The van der Waals surface area contributed by atoms with Crippen molar-refractivity contribution in [2.24, 2.45) is 0 Å². The SMILES string of the molecule is COc1cc(NC(=O)Nc2cc(C(C)(C)C)nn2C2NC(=O)CC(C)N2)cc(OC)c1. The molecule has 1 aromatic heterocycles. The highest BCUT2D eigenvalue weighted by Crippen LogP contribution is 2.28. The third-order valence-electron chi connectivity index (χ3n) is 4.83. The van der Waals surface area contributed by atoms with Crippen LogP contribution in [0.4, 0.5) is 16.3 Å². The van der Waals surface area contributed by atoms with Crippen LogP contribution in [0.15, 0.2) is 24.3 Å². The van der Waals surface area contributed by atoms with Crippen molar-refractivity contribution >= 4 is 23.4 Å². The largest absolute Gasteiger partial charge is 0.497 e. The Kier molecular flexibility index (Phi) is 6.40. The molecule has 2 unspecified atom stereocenters. The summed E-state index contributed by atoms with van der Waals surface area (Å²) in [5.74, 6) is 1.47. The quantitative estimate of drug-likeness (QED) is 0.579. The molecule has 168 valence electrons. The summed E-state index contributed by atoms with van der Waals surface area (Å²) in [6.07, 6.45) is -0.190. The zero-order chi connectivity index (χ0) is 22.8. The number of carbonyl (C=O) groups is 2. The second-order valence-electron chi connectivity index (χ2n) is 8.53. The second-order valence-corrected chi connectivity index (χ2v) is 8.53. The molecule has 0 spiro atoms. The predicted molar refractivity (Wildman–Crippen MR) is 118 cm³/mol. The molecule has 1 fully saturated rings. The van der Waals surface area contributed by atoms with Gasteiger partial charge in [0.2, 0.25) is 5.91 Å². The third kappa shape index (κ3) is 5.46. The third-order valence-corrected chi connectivity index (χ3v) is 4.83. The molecule has 1 saturated heterocycles. The number of aromatic nitrogens is 2. The van der Waals surface area contributed by atoms with Crippen LogP contribution in [0, 0.1) is 0 Å². The van der Waals surface area contributed by atoms with Gasteiger partial charge < -0.3 is 20.1 Å². The fourth-order valence-electron chi connectivity index (χ4n) is 3.20. The van der Waals surface area contributed by atoms with Crippen LogP contribution in [0.1, 0.15) is 46.1 Å². The van der Waals surface area contributed by atoms with Crippen molar-refractivity contribution < 1.29 is 19.1 Å². The highest BCUT2D eigenvalue weighted by atomic mass is 16.5. The first-order chi connectivity index (χ1) is 14.6. The van der Waals surface area contributed by atoms with Gasteiger partial charge in [0, 0.05) is 47.8 Å². The molecule has 0 bridgehead atoms. The van der Waals surface area contributed by atoms with E-state index in [-0.39, 0.29) is 17.4 Å². The molecule has 3 rings (SSSR count). The molecular weight excluding hydrogens is 400 g/mol. The lowest BCUT2D eigenvalue weighted by molar-refractivity contribution is -0.125. The van der Waals surface area contributed by atoms with Gasteiger partial charge in [-0.3, -0.25) is 15.4 Å². The number of benzene rings is 1. The van der Waals surface area contributed by atoms with Gasteiger partial charge in [-0.2, -0.15) is 5.10 Å². The zero-order valence-electron chi connectivity index (χ0n) is 18.7. The van der Waals surface area contributed by atoms with Crippen LogP contribution in [0.3, 0.4) is 0 Å². The van der Waals surface area contributed by atoms with Crippen LogP contribution >= 0.6 is 0 Å². The van der Waals surface area contributed by atoms with Crippen molar-refractivity contribution in [3.8, 4) is 11.5 Å². The van der Waals surface area contributed by atoms with E-state index in [0.717, 1.165) is 5.69 Å². The maximum atomic E-state index is 12.8. The minimum atomic E-state index is -0.570. The monoisotopic (exact) mass is 430 g/mol. The number of urea groups is 1. The standard InChI is InChI=1S/C21H30N6O4/c1-12-7-18(28)25-19(22-12)27-17(11-16(26-27)21(2,3)4)24-20(29)23-13-8-14(30-5)10-15(9-13)31-6/h8-12,19,22H,7H2,1-6H3,(H,25,28)(H2,23,24,29). The van der Waals surface area contributed by atoms with E-state index in [1.54, 1.807) is 28.9 Å². The van der Waals surface area contributed by atoms with Crippen molar-refractivity contribution in [1.82, 2.24) is 20.4 Å². The maximum absolute atomic E-state index is 12.8. The second kappa shape index (κ2) is 8.84. The smallest absolute Gasteiger partial charge is 0.324 e. The van der Waals surface area contributed by atoms with Gasteiger partial charge in [0.25, 0.3) is 0 Å². The molecule has 1 aliphatic rings. The summed E-state index contributed by atoms with van der Waals surface area (Å²) in [5, 5.41) is 16.4. The Labute approximate surface area is 181 Å². The minimum Gasteiger partial charge on any atom is -0.497 e. The molecule has 1 aromatic carbocycles. The molecule has 31 heavy (non-hydrogen) atoms. The first-order valence-corrected chi connectivity index (χ1v) is 10.1. The minimum absolute atomic E-state index is 0.0213. The van der Waals surface area contributed by atoms with Crippen molar-refractivity contribution in [3.05, 3.63) is 30.0 Å². The fourth-order valence-corrected chi connectivity index (χ4v) is 3.20. The summed E-state index contributed by atoms with van der Waals surface area (Å²) in [5.41, 5.74) is 1.04. The Hall–Kier alpha value is -3.27. The van der Waals surface area contributed by atoms with E-state index in [4.69, 9.17) is 9.47 Å². The van der Waals surface area contributed by atoms with Crippen molar-refractivity contribution in [2.45, 2.75) is 51.9 Å². The topological polar surface area (TPSA) is 119 Å². The first kappa shape index (κ1) is 22.4. The number of nitrogens with one attached hydrogen (secondary N) is 4. The normalized spacial score (nSPS) is 18.8. The number of carbonyl (C=O) groups excluding carboxylic acids is 2. The molecular formula is C21H30N6O4. The van der Waals surface area contributed by atoms with Crippen molar-refractivity contribution in [2.75, 3.05) is 24.9 Å². The number of hydrogen-bond donors (Lipinski definition) is 4. The number of nitrogens with zero attached hydrogens (tertiary/aromatic N) is 2.